The maximum Gasteiger partial charge on any atom is 0.573 e. The Hall–Kier alpha value is -1.32. The highest BCUT2D eigenvalue weighted by Crippen LogP contribution is 2.32. The van der Waals surface area contributed by atoms with Gasteiger partial charge in [-0.15, -0.1) is 13.2 Å². The number of halogens is 4. The summed E-state index contributed by atoms with van der Waals surface area (Å²) in [7, 11) is 0. The van der Waals surface area contributed by atoms with E-state index in [0.717, 1.165) is 18.2 Å². The van der Waals surface area contributed by atoms with Crippen molar-refractivity contribution in [2.24, 2.45) is 0 Å². The standard InChI is InChI=1S/C12H12BrF3O5/c1-2-20-11(19)10(18)9(17)7-4-3-6(5-8(7)13)21-12(14,15)16/h3-5,9-10,17-18H,2H2,1H3. The van der Waals surface area contributed by atoms with E-state index in [-0.39, 0.29) is 16.6 Å². The van der Waals surface area contributed by atoms with Crippen LogP contribution in [0.1, 0.15) is 18.6 Å². The molecule has 0 spiro atoms. The topological polar surface area (TPSA) is 76.0 Å². The van der Waals surface area contributed by atoms with Crippen molar-refractivity contribution in [1.29, 1.82) is 0 Å². The van der Waals surface area contributed by atoms with Crippen molar-refractivity contribution in [1.82, 2.24) is 0 Å². The van der Waals surface area contributed by atoms with Crippen LogP contribution in [0.5, 0.6) is 5.75 Å². The Labute approximate surface area is 126 Å². The average molecular weight is 373 g/mol. The second-order valence-corrected chi connectivity index (χ2v) is 4.73. The fourth-order valence-corrected chi connectivity index (χ4v) is 2.06. The number of rotatable bonds is 5. The minimum atomic E-state index is -4.84. The van der Waals surface area contributed by atoms with Gasteiger partial charge in [0.15, 0.2) is 6.10 Å². The molecule has 2 N–H and O–H groups in total. The van der Waals surface area contributed by atoms with Gasteiger partial charge in [-0.25, -0.2) is 4.79 Å². The maximum absolute atomic E-state index is 12.1. The molecule has 0 aromatic heterocycles. The van der Waals surface area contributed by atoms with Crippen LogP contribution in [0.15, 0.2) is 22.7 Å². The normalized spacial score (nSPS) is 14.4. The van der Waals surface area contributed by atoms with Crippen molar-refractivity contribution < 1.29 is 37.7 Å². The van der Waals surface area contributed by atoms with Crippen LogP contribution < -0.4 is 4.74 Å². The fourth-order valence-electron chi connectivity index (χ4n) is 1.47. The van der Waals surface area contributed by atoms with Gasteiger partial charge in [-0.1, -0.05) is 22.0 Å². The Morgan fingerprint density at radius 1 is 1.38 bits per heavy atom. The number of carbonyl (C=O) groups excluding carboxylic acids is 1. The summed E-state index contributed by atoms with van der Waals surface area (Å²) in [5.41, 5.74) is 0.0186. The third-order valence-corrected chi connectivity index (χ3v) is 3.04. The van der Waals surface area contributed by atoms with Crippen LogP contribution >= 0.6 is 15.9 Å². The summed E-state index contributed by atoms with van der Waals surface area (Å²) in [6.07, 6.45) is -8.35. The minimum absolute atomic E-state index is 0.0160. The molecule has 21 heavy (non-hydrogen) atoms. The van der Waals surface area contributed by atoms with E-state index in [1.54, 1.807) is 0 Å². The Morgan fingerprint density at radius 2 is 2.00 bits per heavy atom. The molecule has 1 aromatic carbocycles. The van der Waals surface area contributed by atoms with E-state index in [1.807, 2.05) is 0 Å². The predicted molar refractivity (Wildman–Crippen MR) is 68.4 cm³/mol. The van der Waals surface area contributed by atoms with Gasteiger partial charge in [0.1, 0.15) is 11.9 Å². The van der Waals surface area contributed by atoms with Crippen LogP contribution in [0.2, 0.25) is 0 Å². The molecule has 5 nitrogen and oxygen atoms in total. The van der Waals surface area contributed by atoms with E-state index in [2.05, 4.69) is 25.4 Å². The van der Waals surface area contributed by atoms with Crippen molar-refractivity contribution in [3.8, 4) is 5.75 Å². The molecule has 9 heteroatoms. The number of aliphatic hydroxyl groups excluding tert-OH is 2. The number of benzene rings is 1. The molecule has 0 aliphatic rings. The van der Waals surface area contributed by atoms with Gasteiger partial charge >= 0.3 is 12.3 Å². The van der Waals surface area contributed by atoms with Crippen molar-refractivity contribution >= 4 is 21.9 Å². The quantitative estimate of drug-likeness (QED) is 0.775. The molecule has 2 atom stereocenters. The summed E-state index contributed by atoms with van der Waals surface area (Å²) < 4.78 is 44.5. The molecule has 0 aliphatic carbocycles. The molecule has 1 rings (SSSR count). The Kier molecular flexibility index (Phi) is 5.99. The Balaban J connectivity index is 2.91. The van der Waals surface area contributed by atoms with Crippen molar-refractivity contribution in [3.05, 3.63) is 28.2 Å². The molecular formula is C12H12BrF3O5. The first kappa shape index (κ1) is 17.7. The lowest BCUT2D eigenvalue weighted by Crippen LogP contribution is -2.30. The summed E-state index contributed by atoms with van der Waals surface area (Å²) in [6.45, 7) is 1.54. The highest BCUT2D eigenvalue weighted by molar-refractivity contribution is 9.10. The second-order valence-electron chi connectivity index (χ2n) is 3.87. The number of aliphatic hydroxyl groups is 2. The molecule has 0 aliphatic heterocycles. The highest BCUT2D eigenvalue weighted by Gasteiger charge is 2.32. The zero-order chi connectivity index (χ0) is 16.2. The summed E-state index contributed by atoms with van der Waals surface area (Å²) in [5, 5.41) is 19.4. The second kappa shape index (κ2) is 7.10. The molecule has 0 fully saturated rings. The Bertz CT molecular complexity index is 506. The van der Waals surface area contributed by atoms with E-state index < -0.39 is 30.3 Å². The van der Waals surface area contributed by atoms with Gasteiger partial charge in [-0.2, -0.15) is 0 Å². The largest absolute Gasteiger partial charge is 0.573 e. The van der Waals surface area contributed by atoms with E-state index in [0.29, 0.717) is 0 Å². The van der Waals surface area contributed by atoms with E-state index >= 15 is 0 Å². The van der Waals surface area contributed by atoms with Crippen LogP contribution in [0.3, 0.4) is 0 Å². The molecule has 2 unspecified atom stereocenters. The molecule has 1 aromatic rings. The first-order valence-electron chi connectivity index (χ1n) is 5.73. The molecule has 0 radical (unpaired) electrons. The van der Waals surface area contributed by atoms with E-state index in [1.165, 1.54) is 6.92 Å². The molecular weight excluding hydrogens is 361 g/mol. The molecule has 118 valence electrons. The van der Waals surface area contributed by atoms with Crippen LogP contribution in [-0.2, 0) is 9.53 Å². The minimum Gasteiger partial charge on any atom is -0.464 e. The molecule has 0 saturated heterocycles. The zero-order valence-electron chi connectivity index (χ0n) is 10.7. The number of hydrogen-bond acceptors (Lipinski definition) is 5. The number of carbonyl (C=O) groups is 1. The Morgan fingerprint density at radius 3 is 2.48 bits per heavy atom. The highest BCUT2D eigenvalue weighted by atomic mass is 79.9. The lowest BCUT2D eigenvalue weighted by Gasteiger charge is -2.18. The number of esters is 1. The van der Waals surface area contributed by atoms with Gasteiger partial charge in [0.05, 0.1) is 6.61 Å². The van der Waals surface area contributed by atoms with Crippen molar-refractivity contribution in [3.63, 3.8) is 0 Å². The van der Waals surface area contributed by atoms with Crippen molar-refractivity contribution in [2.75, 3.05) is 6.61 Å². The SMILES string of the molecule is CCOC(=O)C(O)C(O)c1ccc(OC(F)(F)F)cc1Br. The predicted octanol–water partition coefficient (Wildman–Crippen LogP) is 2.31. The van der Waals surface area contributed by atoms with Gasteiger partial charge in [0.25, 0.3) is 0 Å². The van der Waals surface area contributed by atoms with Crippen molar-refractivity contribution in [2.45, 2.75) is 25.5 Å². The monoisotopic (exact) mass is 372 g/mol. The summed E-state index contributed by atoms with van der Waals surface area (Å²) in [6, 6.07) is 3.01. The molecule has 0 saturated carbocycles. The fraction of sp³-hybridized carbons (Fsp3) is 0.417. The lowest BCUT2D eigenvalue weighted by atomic mass is 10.0. The average Bonchev–Trinajstić information content (AvgIpc) is 2.35. The lowest BCUT2D eigenvalue weighted by molar-refractivity contribution is -0.274. The van der Waals surface area contributed by atoms with Gasteiger partial charge < -0.3 is 19.7 Å². The van der Waals surface area contributed by atoms with Gasteiger partial charge in [0, 0.05) is 4.47 Å². The first-order valence-corrected chi connectivity index (χ1v) is 6.53. The van der Waals surface area contributed by atoms with E-state index in [9.17, 15) is 28.2 Å². The van der Waals surface area contributed by atoms with Crippen LogP contribution in [0.4, 0.5) is 13.2 Å². The summed E-state index contributed by atoms with van der Waals surface area (Å²) >= 11 is 2.94. The van der Waals surface area contributed by atoms with Crippen LogP contribution in [0.25, 0.3) is 0 Å². The van der Waals surface area contributed by atoms with E-state index in [4.69, 9.17) is 0 Å². The first-order chi connectivity index (χ1) is 9.65. The van der Waals surface area contributed by atoms with Crippen LogP contribution in [0, 0.1) is 0 Å². The van der Waals surface area contributed by atoms with Crippen LogP contribution in [-0.4, -0.2) is 35.3 Å². The zero-order valence-corrected chi connectivity index (χ0v) is 12.3. The third kappa shape index (κ3) is 5.18. The van der Waals surface area contributed by atoms with Gasteiger partial charge in [-0.05, 0) is 24.6 Å². The van der Waals surface area contributed by atoms with Gasteiger partial charge in [-0.3, -0.25) is 0 Å². The maximum atomic E-state index is 12.1. The molecule has 0 bridgehead atoms. The number of hydrogen-bond donors (Lipinski definition) is 2. The smallest absolute Gasteiger partial charge is 0.464 e. The number of ether oxygens (including phenoxy) is 2. The number of alkyl halides is 3. The molecule has 0 heterocycles. The third-order valence-electron chi connectivity index (χ3n) is 2.35. The summed E-state index contributed by atoms with van der Waals surface area (Å²) in [4.78, 5) is 11.3. The van der Waals surface area contributed by atoms with Gasteiger partial charge in [0.2, 0.25) is 0 Å². The summed E-state index contributed by atoms with van der Waals surface area (Å²) in [5.74, 6) is -1.54. The molecule has 0 amide bonds.